The smallest absolute Gasteiger partial charge is 0.257 e. The highest BCUT2D eigenvalue weighted by molar-refractivity contribution is 14.1. The first-order valence-electron chi connectivity index (χ1n) is 8.41. The maximum absolute atomic E-state index is 12.8. The minimum absolute atomic E-state index is 0.154. The Bertz CT molecular complexity index is 946. The Morgan fingerprint density at radius 3 is 2.48 bits per heavy atom. The Kier molecular flexibility index (Phi) is 6.18. The Hall–Kier alpha value is -2.74. The standard InChI is InChI=1S/C21H18IN3O2/c1-14(15-6-3-2-4-7-15)24-21(27)18-12-17(22)9-10-19(18)25-20(26)16-8-5-11-23-13-16/h2-14H,1H3,(H,24,27)(H,25,26). The first kappa shape index (κ1) is 19.0. The molecule has 0 saturated carbocycles. The molecule has 0 fully saturated rings. The number of hydrogen-bond donors (Lipinski definition) is 2. The van der Waals surface area contributed by atoms with Crippen molar-refractivity contribution in [2.75, 3.05) is 5.32 Å². The van der Waals surface area contributed by atoms with E-state index in [1.54, 1.807) is 30.5 Å². The number of aromatic nitrogens is 1. The highest BCUT2D eigenvalue weighted by Crippen LogP contribution is 2.21. The normalized spacial score (nSPS) is 11.5. The second-order valence-corrected chi connectivity index (χ2v) is 7.24. The van der Waals surface area contributed by atoms with Gasteiger partial charge in [-0.15, -0.1) is 0 Å². The van der Waals surface area contributed by atoms with Crippen LogP contribution in [0.25, 0.3) is 0 Å². The van der Waals surface area contributed by atoms with Crippen LogP contribution >= 0.6 is 22.6 Å². The lowest BCUT2D eigenvalue weighted by atomic mass is 10.1. The molecule has 136 valence electrons. The van der Waals surface area contributed by atoms with Crippen molar-refractivity contribution in [3.63, 3.8) is 0 Å². The molecule has 0 saturated heterocycles. The Balaban J connectivity index is 1.81. The molecule has 6 heteroatoms. The fourth-order valence-electron chi connectivity index (χ4n) is 2.60. The van der Waals surface area contributed by atoms with E-state index in [2.05, 4.69) is 38.2 Å². The van der Waals surface area contributed by atoms with Crippen LogP contribution in [0.4, 0.5) is 5.69 Å². The van der Waals surface area contributed by atoms with E-state index < -0.39 is 0 Å². The number of carbonyl (C=O) groups excluding carboxylic acids is 2. The third-order valence-electron chi connectivity index (χ3n) is 4.05. The summed E-state index contributed by atoms with van der Waals surface area (Å²) in [6, 6.07) is 18.3. The fraction of sp³-hybridized carbons (Fsp3) is 0.0952. The summed E-state index contributed by atoms with van der Waals surface area (Å²) in [6.45, 7) is 1.93. The lowest BCUT2D eigenvalue weighted by Crippen LogP contribution is -2.28. The number of nitrogens with zero attached hydrogens (tertiary/aromatic N) is 1. The fourth-order valence-corrected chi connectivity index (χ4v) is 3.10. The van der Waals surface area contributed by atoms with E-state index >= 15 is 0 Å². The molecule has 2 N–H and O–H groups in total. The molecule has 1 unspecified atom stereocenters. The van der Waals surface area contributed by atoms with Crippen molar-refractivity contribution in [1.29, 1.82) is 0 Å². The molecule has 1 atom stereocenters. The molecule has 27 heavy (non-hydrogen) atoms. The van der Waals surface area contributed by atoms with Crippen molar-refractivity contribution < 1.29 is 9.59 Å². The summed E-state index contributed by atoms with van der Waals surface area (Å²) >= 11 is 2.14. The third-order valence-corrected chi connectivity index (χ3v) is 4.72. The maximum atomic E-state index is 12.8. The van der Waals surface area contributed by atoms with Gasteiger partial charge in [-0.2, -0.15) is 0 Å². The first-order valence-corrected chi connectivity index (χ1v) is 9.49. The van der Waals surface area contributed by atoms with Crippen LogP contribution < -0.4 is 10.6 Å². The van der Waals surface area contributed by atoms with E-state index in [0.29, 0.717) is 16.8 Å². The molecule has 0 bridgehead atoms. The van der Waals surface area contributed by atoms with E-state index in [-0.39, 0.29) is 17.9 Å². The van der Waals surface area contributed by atoms with E-state index in [1.165, 1.54) is 6.20 Å². The second kappa shape index (κ2) is 8.77. The monoisotopic (exact) mass is 471 g/mol. The van der Waals surface area contributed by atoms with Crippen LogP contribution in [0, 0.1) is 3.57 Å². The number of benzene rings is 2. The molecule has 0 radical (unpaired) electrons. The zero-order valence-corrected chi connectivity index (χ0v) is 16.8. The molecule has 0 spiro atoms. The predicted molar refractivity (Wildman–Crippen MR) is 114 cm³/mol. The lowest BCUT2D eigenvalue weighted by Gasteiger charge is -2.17. The van der Waals surface area contributed by atoms with Crippen LogP contribution in [0.3, 0.4) is 0 Å². The van der Waals surface area contributed by atoms with Crippen LogP contribution in [0.5, 0.6) is 0 Å². The van der Waals surface area contributed by atoms with Crippen molar-refractivity contribution in [3.8, 4) is 0 Å². The third kappa shape index (κ3) is 4.91. The van der Waals surface area contributed by atoms with Crippen molar-refractivity contribution >= 4 is 40.1 Å². The van der Waals surface area contributed by atoms with Gasteiger partial charge in [-0.25, -0.2) is 0 Å². The summed E-state index contributed by atoms with van der Waals surface area (Å²) in [4.78, 5) is 29.2. The van der Waals surface area contributed by atoms with Crippen LogP contribution in [-0.2, 0) is 0 Å². The van der Waals surface area contributed by atoms with Gasteiger partial charge in [0.2, 0.25) is 0 Å². The summed E-state index contributed by atoms with van der Waals surface area (Å²) < 4.78 is 0.907. The number of pyridine rings is 1. The summed E-state index contributed by atoms with van der Waals surface area (Å²) in [5.74, 6) is -0.555. The van der Waals surface area contributed by atoms with Gasteiger partial charge in [-0.3, -0.25) is 14.6 Å². The van der Waals surface area contributed by atoms with Crippen LogP contribution in [-0.4, -0.2) is 16.8 Å². The summed E-state index contributed by atoms with van der Waals surface area (Å²) in [6.07, 6.45) is 3.09. The quantitative estimate of drug-likeness (QED) is 0.541. The molecular weight excluding hydrogens is 453 g/mol. The minimum atomic E-state index is -0.311. The lowest BCUT2D eigenvalue weighted by molar-refractivity contribution is 0.0940. The molecule has 2 amide bonds. The van der Waals surface area contributed by atoms with Gasteiger partial charge in [-0.05, 0) is 65.4 Å². The molecule has 3 rings (SSSR count). The van der Waals surface area contributed by atoms with Crippen LogP contribution in [0.1, 0.15) is 39.2 Å². The van der Waals surface area contributed by atoms with E-state index in [1.807, 2.05) is 43.3 Å². The number of halogens is 1. The highest BCUT2D eigenvalue weighted by atomic mass is 127. The zero-order chi connectivity index (χ0) is 19.2. The molecule has 0 aliphatic heterocycles. The number of carbonyl (C=O) groups is 2. The molecule has 3 aromatic rings. The minimum Gasteiger partial charge on any atom is -0.345 e. The molecule has 2 aromatic carbocycles. The Morgan fingerprint density at radius 1 is 1.00 bits per heavy atom. The van der Waals surface area contributed by atoms with Gasteiger partial charge in [0.15, 0.2) is 0 Å². The summed E-state index contributed by atoms with van der Waals surface area (Å²) in [7, 11) is 0. The van der Waals surface area contributed by atoms with E-state index in [9.17, 15) is 9.59 Å². The predicted octanol–water partition coefficient (Wildman–Crippen LogP) is 4.43. The van der Waals surface area contributed by atoms with Crippen molar-refractivity contribution in [3.05, 3.63) is 93.3 Å². The van der Waals surface area contributed by atoms with Gasteiger partial charge in [0.1, 0.15) is 0 Å². The van der Waals surface area contributed by atoms with Gasteiger partial charge in [-0.1, -0.05) is 30.3 Å². The van der Waals surface area contributed by atoms with Crippen molar-refractivity contribution in [2.24, 2.45) is 0 Å². The summed E-state index contributed by atoms with van der Waals surface area (Å²) in [5.41, 5.74) is 2.32. The van der Waals surface area contributed by atoms with Crippen molar-refractivity contribution in [1.82, 2.24) is 10.3 Å². The number of nitrogens with one attached hydrogen (secondary N) is 2. The van der Waals surface area contributed by atoms with Crippen molar-refractivity contribution in [2.45, 2.75) is 13.0 Å². The van der Waals surface area contributed by atoms with Gasteiger partial charge in [0.25, 0.3) is 11.8 Å². The van der Waals surface area contributed by atoms with Gasteiger partial charge in [0, 0.05) is 16.0 Å². The number of amides is 2. The van der Waals surface area contributed by atoms with E-state index in [4.69, 9.17) is 0 Å². The SMILES string of the molecule is CC(NC(=O)c1cc(I)ccc1NC(=O)c1cccnc1)c1ccccc1. The average Bonchev–Trinajstić information content (AvgIpc) is 2.70. The Morgan fingerprint density at radius 2 is 1.78 bits per heavy atom. The van der Waals surface area contributed by atoms with Crippen LogP contribution in [0.15, 0.2) is 73.1 Å². The number of hydrogen-bond acceptors (Lipinski definition) is 3. The van der Waals surface area contributed by atoms with Crippen LogP contribution in [0.2, 0.25) is 0 Å². The Labute approximate surface area is 171 Å². The topological polar surface area (TPSA) is 71.1 Å². The molecule has 1 heterocycles. The summed E-state index contributed by atoms with van der Waals surface area (Å²) in [5, 5.41) is 5.79. The van der Waals surface area contributed by atoms with Gasteiger partial charge < -0.3 is 10.6 Å². The first-order chi connectivity index (χ1) is 13.0. The average molecular weight is 471 g/mol. The van der Waals surface area contributed by atoms with Gasteiger partial charge in [0.05, 0.1) is 22.9 Å². The maximum Gasteiger partial charge on any atom is 0.257 e. The number of anilines is 1. The molecular formula is C21H18IN3O2. The van der Waals surface area contributed by atoms with E-state index in [0.717, 1.165) is 9.13 Å². The molecule has 0 aliphatic rings. The van der Waals surface area contributed by atoms with Gasteiger partial charge >= 0.3 is 0 Å². The highest BCUT2D eigenvalue weighted by Gasteiger charge is 2.17. The number of rotatable bonds is 5. The largest absolute Gasteiger partial charge is 0.345 e. The zero-order valence-electron chi connectivity index (χ0n) is 14.6. The molecule has 0 aliphatic carbocycles. The molecule has 1 aromatic heterocycles. The second-order valence-electron chi connectivity index (χ2n) is 5.99. The molecule has 5 nitrogen and oxygen atoms in total.